The van der Waals surface area contributed by atoms with Crippen molar-refractivity contribution in [1.82, 2.24) is 10.2 Å². The van der Waals surface area contributed by atoms with Gasteiger partial charge in [-0.15, -0.1) is 0 Å². The van der Waals surface area contributed by atoms with E-state index >= 15 is 0 Å². The van der Waals surface area contributed by atoms with Crippen LogP contribution < -0.4 is 14.4 Å². The minimum atomic E-state index is -3.81. The molecule has 0 aliphatic carbocycles. The van der Waals surface area contributed by atoms with Crippen molar-refractivity contribution in [2.75, 3.05) is 23.7 Å². The molecule has 3 rings (SSSR count). The number of nitrogens with one attached hydrogen (secondary N) is 1. The lowest BCUT2D eigenvalue weighted by Gasteiger charge is -2.32. The second-order valence-corrected chi connectivity index (χ2v) is 11.2. The molecular weight excluding hydrogens is 514 g/mol. The number of carbonyl (C=O) groups excluding carboxylic acids is 2. The summed E-state index contributed by atoms with van der Waals surface area (Å²) < 4.78 is 32.5. The molecule has 9 heteroatoms. The number of sulfonamides is 1. The van der Waals surface area contributed by atoms with Crippen LogP contribution in [0.5, 0.6) is 5.75 Å². The first kappa shape index (κ1) is 29.7. The molecule has 0 heterocycles. The van der Waals surface area contributed by atoms with E-state index in [4.69, 9.17) is 4.74 Å². The molecule has 0 aromatic heterocycles. The topological polar surface area (TPSA) is 96.0 Å². The molecule has 0 spiro atoms. The van der Waals surface area contributed by atoms with Crippen LogP contribution in [-0.2, 0) is 32.8 Å². The van der Waals surface area contributed by atoms with Crippen molar-refractivity contribution in [3.63, 3.8) is 0 Å². The highest BCUT2D eigenvalue weighted by atomic mass is 32.2. The highest BCUT2D eigenvalue weighted by Crippen LogP contribution is 2.23. The van der Waals surface area contributed by atoms with Gasteiger partial charge in [0.15, 0.2) is 0 Å². The normalized spacial score (nSPS) is 11.9. The number of ether oxygens (including phenoxy) is 1. The minimum absolute atomic E-state index is 0.182. The molecule has 39 heavy (non-hydrogen) atoms. The standard InChI is InChI=1S/C30H37N3O5S/c1-4-20-31-30(35)28(5-2)32(21-24-12-8-6-9-13-24)29(34)22-33(39(3,36)37)26-16-18-27(19-17-26)38-23-25-14-10-7-11-15-25/h6-19,28H,4-5,20-23H2,1-3H3,(H,31,35)/t28-/m0/s1. The molecule has 1 atom stereocenters. The largest absolute Gasteiger partial charge is 0.489 e. The Hall–Kier alpha value is -3.85. The lowest BCUT2D eigenvalue weighted by Crippen LogP contribution is -2.52. The minimum Gasteiger partial charge on any atom is -0.489 e. The summed E-state index contributed by atoms with van der Waals surface area (Å²) in [4.78, 5) is 28.1. The van der Waals surface area contributed by atoms with E-state index in [1.807, 2.05) is 74.5 Å². The molecule has 3 aromatic rings. The smallest absolute Gasteiger partial charge is 0.244 e. The molecule has 0 bridgehead atoms. The van der Waals surface area contributed by atoms with Crippen molar-refractivity contribution in [3.8, 4) is 5.75 Å². The number of nitrogens with zero attached hydrogens (tertiary/aromatic N) is 2. The summed E-state index contributed by atoms with van der Waals surface area (Å²) in [5, 5.41) is 2.87. The Morgan fingerprint density at radius 3 is 2.00 bits per heavy atom. The number of hydrogen-bond donors (Lipinski definition) is 1. The zero-order valence-electron chi connectivity index (χ0n) is 22.7. The van der Waals surface area contributed by atoms with Gasteiger partial charge in [0, 0.05) is 13.1 Å². The SMILES string of the molecule is CCCNC(=O)[C@H](CC)N(Cc1ccccc1)C(=O)CN(c1ccc(OCc2ccccc2)cc1)S(C)(=O)=O. The Morgan fingerprint density at radius 2 is 1.46 bits per heavy atom. The summed E-state index contributed by atoms with van der Waals surface area (Å²) in [5.41, 5.74) is 2.19. The summed E-state index contributed by atoms with van der Waals surface area (Å²) in [6.45, 7) is 4.41. The number of benzene rings is 3. The van der Waals surface area contributed by atoms with E-state index < -0.39 is 28.5 Å². The van der Waals surface area contributed by atoms with Crippen LogP contribution in [-0.4, -0.2) is 50.5 Å². The Labute approximate surface area is 231 Å². The molecular formula is C30H37N3O5S. The van der Waals surface area contributed by atoms with Crippen molar-refractivity contribution in [3.05, 3.63) is 96.1 Å². The summed E-state index contributed by atoms with van der Waals surface area (Å²) >= 11 is 0. The maximum absolute atomic E-state index is 13.7. The lowest BCUT2D eigenvalue weighted by molar-refractivity contribution is -0.140. The molecule has 0 unspecified atom stereocenters. The second kappa shape index (κ2) is 14.3. The van der Waals surface area contributed by atoms with Crippen molar-refractivity contribution < 1.29 is 22.7 Å². The third kappa shape index (κ3) is 8.85. The van der Waals surface area contributed by atoms with Crippen LogP contribution in [0.2, 0.25) is 0 Å². The summed E-state index contributed by atoms with van der Waals surface area (Å²) in [5.74, 6) is -0.145. The van der Waals surface area contributed by atoms with Gasteiger partial charge in [0.2, 0.25) is 21.8 Å². The van der Waals surface area contributed by atoms with Crippen LogP contribution in [0.3, 0.4) is 0 Å². The average molecular weight is 552 g/mol. The molecule has 0 saturated heterocycles. The van der Waals surface area contributed by atoms with E-state index in [0.717, 1.165) is 28.1 Å². The van der Waals surface area contributed by atoms with E-state index in [0.29, 0.717) is 31.0 Å². The first-order valence-corrected chi connectivity index (χ1v) is 14.9. The number of rotatable bonds is 14. The van der Waals surface area contributed by atoms with Crippen LogP contribution in [0.25, 0.3) is 0 Å². The first-order valence-electron chi connectivity index (χ1n) is 13.1. The Morgan fingerprint density at radius 1 is 0.872 bits per heavy atom. The van der Waals surface area contributed by atoms with Crippen LogP contribution in [0.4, 0.5) is 5.69 Å². The molecule has 208 valence electrons. The van der Waals surface area contributed by atoms with Crippen LogP contribution in [0.1, 0.15) is 37.8 Å². The van der Waals surface area contributed by atoms with Gasteiger partial charge in [0.05, 0.1) is 11.9 Å². The fourth-order valence-electron chi connectivity index (χ4n) is 4.13. The van der Waals surface area contributed by atoms with Crippen molar-refractivity contribution in [2.24, 2.45) is 0 Å². The van der Waals surface area contributed by atoms with E-state index in [-0.39, 0.29) is 12.5 Å². The molecule has 0 aliphatic rings. The fourth-order valence-corrected chi connectivity index (χ4v) is 4.98. The number of hydrogen-bond acceptors (Lipinski definition) is 5. The molecule has 8 nitrogen and oxygen atoms in total. The molecule has 0 aliphatic heterocycles. The average Bonchev–Trinajstić information content (AvgIpc) is 2.94. The third-order valence-corrected chi connectivity index (χ3v) is 7.32. The van der Waals surface area contributed by atoms with Gasteiger partial charge >= 0.3 is 0 Å². The summed E-state index contributed by atoms with van der Waals surface area (Å²) in [7, 11) is -3.81. The number of anilines is 1. The fraction of sp³-hybridized carbons (Fsp3) is 0.333. The van der Waals surface area contributed by atoms with Crippen molar-refractivity contribution in [2.45, 2.75) is 45.9 Å². The zero-order valence-corrected chi connectivity index (χ0v) is 23.6. The van der Waals surface area contributed by atoms with Gasteiger partial charge < -0.3 is 15.0 Å². The zero-order chi connectivity index (χ0) is 28.3. The van der Waals surface area contributed by atoms with Gasteiger partial charge in [-0.05, 0) is 48.2 Å². The molecule has 0 fully saturated rings. The van der Waals surface area contributed by atoms with Gasteiger partial charge in [0.25, 0.3) is 0 Å². The van der Waals surface area contributed by atoms with Crippen LogP contribution in [0, 0.1) is 0 Å². The molecule has 3 aromatic carbocycles. The van der Waals surface area contributed by atoms with Gasteiger partial charge in [-0.2, -0.15) is 0 Å². The van der Waals surface area contributed by atoms with Crippen molar-refractivity contribution >= 4 is 27.5 Å². The van der Waals surface area contributed by atoms with Gasteiger partial charge in [-0.25, -0.2) is 8.42 Å². The molecule has 2 amide bonds. The van der Waals surface area contributed by atoms with E-state index in [9.17, 15) is 18.0 Å². The highest BCUT2D eigenvalue weighted by Gasteiger charge is 2.31. The third-order valence-electron chi connectivity index (χ3n) is 6.18. The van der Waals surface area contributed by atoms with Crippen LogP contribution >= 0.6 is 0 Å². The van der Waals surface area contributed by atoms with E-state index in [1.54, 1.807) is 24.3 Å². The predicted octanol–water partition coefficient (Wildman–Crippen LogP) is 4.37. The Bertz CT molecular complexity index is 1300. The van der Waals surface area contributed by atoms with E-state index in [2.05, 4.69) is 5.32 Å². The maximum atomic E-state index is 13.7. The Kier molecular flexibility index (Phi) is 10.9. The van der Waals surface area contributed by atoms with Gasteiger partial charge in [0.1, 0.15) is 24.9 Å². The van der Waals surface area contributed by atoms with Gasteiger partial charge in [-0.1, -0.05) is 74.5 Å². The first-order chi connectivity index (χ1) is 18.7. The number of amides is 2. The highest BCUT2D eigenvalue weighted by molar-refractivity contribution is 7.92. The number of carbonyl (C=O) groups is 2. The lowest BCUT2D eigenvalue weighted by atomic mass is 10.1. The van der Waals surface area contributed by atoms with Gasteiger partial charge in [-0.3, -0.25) is 13.9 Å². The monoisotopic (exact) mass is 551 g/mol. The predicted molar refractivity (Wildman–Crippen MR) is 154 cm³/mol. The molecule has 0 radical (unpaired) electrons. The maximum Gasteiger partial charge on any atom is 0.244 e. The second-order valence-electron chi connectivity index (χ2n) is 9.26. The summed E-state index contributed by atoms with van der Waals surface area (Å²) in [6, 6.07) is 24.9. The van der Waals surface area contributed by atoms with Crippen molar-refractivity contribution in [1.29, 1.82) is 0 Å². The van der Waals surface area contributed by atoms with Crippen LogP contribution in [0.15, 0.2) is 84.9 Å². The molecule has 0 saturated carbocycles. The van der Waals surface area contributed by atoms with E-state index in [1.165, 1.54) is 4.90 Å². The molecule has 1 N–H and O–H groups in total. The summed E-state index contributed by atoms with van der Waals surface area (Å²) in [6.07, 6.45) is 2.22. The quantitative estimate of drug-likeness (QED) is 0.321. The Balaban J connectivity index is 1.82.